The largest absolute Gasteiger partial charge is 0.508 e. The van der Waals surface area contributed by atoms with Gasteiger partial charge >= 0.3 is 0 Å². The SMILES string of the molecule is Oc1ccc2c(c1)C=CC=CS2. The van der Waals surface area contributed by atoms with Gasteiger partial charge in [-0.25, -0.2) is 0 Å². The van der Waals surface area contributed by atoms with Crippen LogP contribution in [0.3, 0.4) is 0 Å². The summed E-state index contributed by atoms with van der Waals surface area (Å²) >= 11 is 1.66. The van der Waals surface area contributed by atoms with E-state index in [0.717, 1.165) is 5.56 Å². The first-order chi connectivity index (χ1) is 5.86. The molecule has 1 N–H and O–H groups in total. The zero-order valence-electron chi connectivity index (χ0n) is 6.40. The van der Waals surface area contributed by atoms with E-state index in [0.29, 0.717) is 5.75 Å². The van der Waals surface area contributed by atoms with E-state index >= 15 is 0 Å². The van der Waals surface area contributed by atoms with Crippen LogP contribution in [-0.2, 0) is 0 Å². The molecule has 0 aromatic heterocycles. The normalized spacial score (nSPS) is 14.0. The third-order valence-electron chi connectivity index (χ3n) is 1.65. The lowest BCUT2D eigenvalue weighted by atomic mass is 10.2. The van der Waals surface area contributed by atoms with Crippen molar-refractivity contribution in [2.75, 3.05) is 0 Å². The van der Waals surface area contributed by atoms with Gasteiger partial charge in [-0.15, -0.1) is 0 Å². The highest BCUT2D eigenvalue weighted by Crippen LogP contribution is 2.29. The second kappa shape index (κ2) is 3.07. The highest BCUT2D eigenvalue weighted by atomic mass is 32.2. The van der Waals surface area contributed by atoms with Gasteiger partial charge in [-0.2, -0.15) is 0 Å². The zero-order valence-corrected chi connectivity index (χ0v) is 7.21. The maximum atomic E-state index is 9.22. The smallest absolute Gasteiger partial charge is 0.116 e. The Morgan fingerprint density at radius 3 is 3.00 bits per heavy atom. The maximum Gasteiger partial charge on any atom is 0.116 e. The highest BCUT2D eigenvalue weighted by Gasteiger charge is 2.01. The molecule has 60 valence electrons. The first-order valence-electron chi connectivity index (χ1n) is 3.69. The molecule has 0 saturated carbocycles. The van der Waals surface area contributed by atoms with Crippen LogP contribution in [0.15, 0.2) is 40.7 Å². The Hall–Kier alpha value is -1.15. The summed E-state index contributed by atoms with van der Waals surface area (Å²) < 4.78 is 0. The molecule has 1 aromatic carbocycles. The third kappa shape index (κ3) is 1.38. The number of phenolic OH excluding ortho intramolecular Hbond substituents is 1. The van der Waals surface area contributed by atoms with E-state index < -0.39 is 0 Å². The van der Waals surface area contributed by atoms with Gasteiger partial charge in [0.2, 0.25) is 0 Å². The topological polar surface area (TPSA) is 20.2 Å². The molecule has 0 radical (unpaired) electrons. The Morgan fingerprint density at radius 2 is 2.08 bits per heavy atom. The van der Waals surface area contributed by atoms with Gasteiger partial charge in [0, 0.05) is 4.90 Å². The molecule has 1 heterocycles. The first-order valence-corrected chi connectivity index (χ1v) is 4.57. The molecular weight excluding hydrogens is 168 g/mol. The minimum Gasteiger partial charge on any atom is -0.508 e. The van der Waals surface area contributed by atoms with Crippen LogP contribution in [-0.4, -0.2) is 5.11 Å². The predicted molar refractivity (Wildman–Crippen MR) is 52.1 cm³/mol. The number of phenols is 1. The van der Waals surface area contributed by atoms with Crippen molar-refractivity contribution in [3.63, 3.8) is 0 Å². The predicted octanol–water partition coefficient (Wildman–Crippen LogP) is 3.02. The molecule has 0 unspecified atom stereocenters. The maximum absolute atomic E-state index is 9.22. The summed E-state index contributed by atoms with van der Waals surface area (Å²) in [6.45, 7) is 0. The van der Waals surface area contributed by atoms with Crippen LogP contribution >= 0.6 is 11.8 Å². The molecule has 0 saturated heterocycles. The van der Waals surface area contributed by atoms with Crippen molar-refractivity contribution in [2.24, 2.45) is 0 Å². The van der Waals surface area contributed by atoms with E-state index in [1.165, 1.54) is 4.90 Å². The molecule has 0 amide bonds. The molecule has 2 rings (SSSR count). The molecule has 1 aromatic rings. The number of hydrogen-bond donors (Lipinski definition) is 1. The van der Waals surface area contributed by atoms with Gasteiger partial charge in [-0.3, -0.25) is 0 Å². The van der Waals surface area contributed by atoms with Crippen LogP contribution in [0.5, 0.6) is 5.75 Å². The Morgan fingerprint density at radius 1 is 1.17 bits per heavy atom. The van der Waals surface area contributed by atoms with Crippen LogP contribution in [0.25, 0.3) is 6.08 Å². The third-order valence-corrected chi connectivity index (χ3v) is 2.57. The number of benzene rings is 1. The van der Waals surface area contributed by atoms with Gasteiger partial charge < -0.3 is 5.11 Å². The number of allylic oxidation sites excluding steroid dienone is 2. The molecule has 0 atom stereocenters. The van der Waals surface area contributed by atoms with E-state index in [4.69, 9.17) is 0 Å². The molecular formula is C10H8OS. The lowest BCUT2D eigenvalue weighted by molar-refractivity contribution is 0.474. The quantitative estimate of drug-likeness (QED) is 0.655. The van der Waals surface area contributed by atoms with Crippen molar-refractivity contribution in [1.29, 1.82) is 0 Å². The van der Waals surface area contributed by atoms with Crippen LogP contribution in [0.4, 0.5) is 0 Å². The van der Waals surface area contributed by atoms with E-state index in [2.05, 4.69) is 0 Å². The van der Waals surface area contributed by atoms with Gasteiger partial charge in [-0.1, -0.05) is 30.0 Å². The van der Waals surface area contributed by atoms with Crippen LogP contribution in [0.2, 0.25) is 0 Å². The molecule has 1 aliphatic heterocycles. The summed E-state index contributed by atoms with van der Waals surface area (Å²) in [6, 6.07) is 5.40. The standard InChI is InChI=1S/C10H8OS/c11-9-4-5-10-8(7-9)3-1-2-6-12-10/h1-7,11H. The monoisotopic (exact) mass is 176 g/mol. The Balaban J connectivity index is 2.53. The summed E-state index contributed by atoms with van der Waals surface area (Å²) in [6.07, 6.45) is 5.95. The molecule has 0 spiro atoms. The van der Waals surface area contributed by atoms with E-state index in [-0.39, 0.29) is 0 Å². The number of thioether (sulfide) groups is 1. The lowest BCUT2D eigenvalue weighted by Gasteiger charge is -2.01. The average Bonchev–Trinajstić information content (AvgIpc) is 2.28. The van der Waals surface area contributed by atoms with Crippen molar-refractivity contribution in [3.05, 3.63) is 41.3 Å². The molecule has 0 fully saturated rings. The number of rotatable bonds is 0. The summed E-state index contributed by atoms with van der Waals surface area (Å²) in [5.41, 5.74) is 1.07. The van der Waals surface area contributed by atoms with Crippen molar-refractivity contribution in [2.45, 2.75) is 4.90 Å². The molecule has 2 heteroatoms. The molecule has 1 nitrogen and oxygen atoms in total. The summed E-state index contributed by atoms with van der Waals surface area (Å²) in [7, 11) is 0. The van der Waals surface area contributed by atoms with Gasteiger partial charge in [-0.05, 0) is 29.2 Å². The van der Waals surface area contributed by atoms with E-state index in [1.807, 2.05) is 29.7 Å². The molecule has 0 aliphatic carbocycles. The fraction of sp³-hybridized carbons (Fsp3) is 0. The summed E-state index contributed by atoms with van der Waals surface area (Å²) in [5.74, 6) is 0.320. The van der Waals surface area contributed by atoms with Crippen molar-refractivity contribution in [1.82, 2.24) is 0 Å². The average molecular weight is 176 g/mol. The van der Waals surface area contributed by atoms with Crippen LogP contribution in [0, 0.1) is 0 Å². The second-order valence-electron chi connectivity index (χ2n) is 2.53. The number of aromatic hydroxyl groups is 1. The fourth-order valence-electron chi connectivity index (χ4n) is 1.09. The van der Waals surface area contributed by atoms with Crippen molar-refractivity contribution in [3.8, 4) is 5.75 Å². The molecule has 12 heavy (non-hydrogen) atoms. The number of fused-ring (bicyclic) bond motifs is 1. The van der Waals surface area contributed by atoms with Crippen molar-refractivity contribution < 1.29 is 5.11 Å². The Labute approximate surface area is 75.4 Å². The highest BCUT2D eigenvalue weighted by molar-refractivity contribution is 8.02. The second-order valence-corrected chi connectivity index (χ2v) is 3.48. The Bertz CT molecular complexity index is 353. The van der Waals surface area contributed by atoms with E-state index in [1.54, 1.807) is 23.9 Å². The van der Waals surface area contributed by atoms with Gasteiger partial charge in [0.15, 0.2) is 0 Å². The number of hydrogen-bond acceptors (Lipinski definition) is 2. The summed E-state index contributed by atoms with van der Waals surface area (Å²) in [5, 5.41) is 11.2. The fourth-order valence-corrected chi connectivity index (χ4v) is 1.82. The minimum atomic E-state index is 0.320. The summed E-state index contributed by atoms with van der Waals surface area (Å²) in [4.78, 5) is 1.18. The first kappa shape index (κ1) is 7.50. The lowest BCUT2D eigenvalue weighted by Crippen LogP contribution is -1.76. The zero-order chi connectivity index (χ0) is 8.39. The van der Waals surface area contributed by atoms with Crippen LogP contribution < -0.4 is 0 Å². The Kier molecular flexibility index (Phi) is 1.92. The van der Waals surface area contributed by atoms with Crippen LogP contribution in [0.1, 0.15) is 5.56 Å². The van der Waals surface area contributed by atoms with Gasteiger partial charge in [0.25, 0.3) is 0 Å². The molecule has 1 aliphatic rings. The minimum absolute atomic E-state index is 0.320. The van der Waals surface area contributed by atoms with Gasteiger partial charge in [0.1, 0.15) is 5.75 Å². The molecule has 0 bridgehead atoms. The van der Waals surface area contributed by atoms with E-state index in [9.17, 15) is 5.11 Å². The van der Waals surface area contributed by atoms with Gasteiger partial charge in [0.05, 0.1) is 0 Å². The van der Waals surface area contributed by atoms with Crippen molar-refractivity contribution >= 4 is 17.8 Å².